The summed E-state index contributed by atoms with van der Waals surface area (Å²) in [6, 6.07) is 0. The third-order valence-electron chi connectivity index (χ3n) is 2.30. The van der Waals surface area contributed by atoms with E-state index < -0.39 is 17.5 Å². The molecular formula is C12H12O6. The van der Waals surface area contributed by atoms with Gasteiger partial charge in [-0.05, 0) is 13.0 Å². The molecule has 0 heterocycles. The molecule has 6 nitrogen and oxygen atoms in total. The Morgan fingerprint density at radius 3 is 2.22 bits per heavy atom. The van der Waals surface area contributed by atoms with Crippen molar-refractivity contribution in [1.29, 1.82) is 0 Å². The highest BCUT2D eigenvalue weighted by molar-refractivity contribution is 6.22. The van der Waals surface area contributed by atoms with Gasteiger partial charge in [0, 0.05) is 17.2 Å². The van der Waals surface area contributed by atoms with Gasteiger partial charge in [0.05, 0.1) is 14.2 Å². The first-order chi connectivity index (χ1) is 8.42. The maximum atomic E-state index is 11.9. The third-order valence-corrected chi connectivity index (χ3v) is 2.30. The SMILES string of the molecule is COC1=C(OC)C(=O)C(/C=C(\C)C(=O)O)=CC1=O. The van der Waals surface area contributed by atoms with Crippen molar-refractivity contribution in [3.8, 4) is 0 Å². The molecule has 0 aromatic heterocycles. The molecule has 1 aliphatic rings. The smallest absolute Gasteiger partial charge is 0.331 e. The van der Waals surface area contributed by atoms with Gasteiger partial charge in [-0.15, -0.1) is 0 Å². The number of ether oxygens (including phenoxy) is 2. The number of carbonyl (C=O) groups is 3. The second-order valence-electron chi connectivity index (χ2n) is 3.49. The van der Waals surface area contributed by atoms with Crippen LogP contribution >= 0.6 is 0 Å². The van der Waals surface area contributed by atoms with Gasteiger partial charge in [0.1, 0.15) is 0 Å². The van der Waals surface area contributed by atoms with Crippen molar-refractivity contribution in [1.82, 2.24) is 0 Å². The Hall–Kier alpha value is -2.37. The molecule has 0 aromatic rings. The van der Waals surface area contributed by atoms with Crippen molar-refractivity contribution in [2.24, 2.45) is 0 Å². The Labute approximate surface area is 103 Å². The summed E-state index contributed by atoms with van der Waals surface area (Å²) >= 11 is 0. The van der Waals surface area contributed by atoms with Crippen LogP contribution in [0.1, 0.15) is 6.92 Å². The molecule has 1 N–H and O–H groups in total. The standard InChI is InChI=1S/C12H12O6/c1-6(12(15)16)4-7-5-8(13)10(17-2)11(18-3)9(7)14/h4-5H,1-3H3,(H,15,16)/b6-4+. The zero-order valence-electron chi connectivity index (χ0n) is 10.1. The third kappa shape index (κ3) is 2.48. The van der Waals surface area contributed by atoms with Crippen molar-refractivity contribution < 1.29 is 29.0 Å². The lowest BCUT2D eigenvalue weighted by Crippen LogP contribution is -2.21. The number of carboxylic acid groups (broad SMARTS) is 1. The van der Waals surface area contributed by atoms with Crippen molar-refractivity contribution >= 4 is 17.5 Å². The quantitative estimate of drug-likeness (QED) is 0.582. The van der Waals surface area contributed by atoms with E-state index in [2.05, 4.69) is 0 Å². The van der Waals surface area contributed by atoms with Gasteiger partial charge in [-0.3, -0.25) is 9.59 Å². The average Bonchev–Trinajstić information content (AvgIpc) is 2.32. The Kier molecular flexibility index (Phi) is 4.04. The van der Waals surface area contributed by atoms with Gasteiger partial charge < -0.3 is 14.6 Å². The molecule has 0 aromatic carbocycles. The lowest BCUT2D eigenvalue weighted by Gasteiger charge is -2.15. The molecule has 1 rings (SSSR count). The Morgan fingerprint density at radius 2 is 1.78 bits per heavy atom. The fraction of sp³-hybridized carbons (Fsp3) is 0.250. The number of hydrogen-bond acceptors (Lipinski definition) is 5. The van der Waals surface area contributed by atoms with Crippen LogP contribution in [0.3, 0.4) is 0 Å². The van der Waals surface area contributed by atoms with E-state index in [9.17, 15) is 14.4 Å². The van der Waals surface area contributed by atoms with E-state index in [4.69, 9.17) is 14.6 Å². The van der Waals surface area contributed by atoms with Gasteiger partial charge in [-0.2, -0.15) is 0 Å². The molecule has 1 aliphatic carbocycles. The van der Waals surface area contributed by atoms with Crippen molar-refractivity contribution in [3.05, 3.63) is 34.8 Å². The van der Waals surface area contributed by atoms with Crippen molar-refractivity contribution in [2.75, 3.05) is 14.2 Å². The van der Waals surface area contributed by atoms with Gasteiger partial charge >= 0.3 is 5.97 Å². The molecule has 0 radical (unpaired) electrons. The van der Waals surface area contributed by atoms with E-state index >= 15 is 0 Å². The summed E-state index contributed by atoms with van der Waals surface area (Å²) in [6.45, 7) is 1.32. The predicted octanol–water partition coefficient (Wildman–Crippen LogP) is 0.600. The second-order valence-corrected chi connectivity index (χ2v) is 3.49. The van der Waals surface area contributed by atoms with E-state index in [1.54, 1.807) is 0 Å². The Balaban J connectivity index is 3.22. The number of Topliss-reactive ketones (excluding diaryl/α,β-unsaturated/α-hetero) is 1. The number of hydrogen-bond donors (Lipinski definition) is 1. The molecule has 18 heavy (non-hydrogen) atoms. The largest absolute Gasteiger partial charge is 0.490 e. The summed E-state index contributed by atoms with van der Waals surface area (Å²) in [5.74, 6) is -2.72. The lowest BCUT2D eigenvalue weighted by molar-refractivity contribution is -0.132. The van der Waals surface area contributed by atoms with Gasteiger partial charge in [0.2, 0.25) is 23.1 Å². The summed E-state index contributed by atoms with van der Waals surface area (Å²) in [4.78, 5) is 34.2. The van der Waals surface area contributed by atoms with E-state index in [1.165, 1.54) is 21.1 Å². The first-order valence-electron chi connectivity index (χ1n) is 4.97. The predicted molar refractivity (Wildman–Crippen MR) is 60.5 cm³/mol. The van der Waals surface area contributed by atoms with Gasteiger partial charge in [-0.25, -0.2) is 4.79 Å². The average molecular weight is 252 g/mol. The monoisotopic (exact) mass is 252 g/mol. The molecular weight excluding hydrogens is 240 g/mol. The number of carboxylic acids is 1. The highest BCUT2D eigenvalue weighted by Crippen LogP contribution is 2.22. The normalized spacial score (nSPS) is 16.6. The summed E-state index contributed by atoms with van der Waals surface area (Å²) in [5.41, 5.74) is -0.101. The van der Waals surface area contributed by atoms with Crippen LogP contribution in [0, 0.1) is 0 Å². The molecule has 0 saturated heterocycles. The lowest BCUT2D eigenvalue weighted by atomic mass is 9.98. The molecule has 0 fully saturated rings. The van der Waals surface area contributed by atoms with Crippen LogP contribution < -0.4 is 0 Å². The number of methoxy groups -OCH3 is 2. The summed E-state index contributed by atoms with van der Waals surface area (Å²) < 4.78 is 9.60. The number of rotatable bonds is 4. The van der Waals surface area contributed by atoms with Crippen LogP contribution in [-0.4, -0.2) is 36.9 Å². The minimum Gasteiger partial charge on any atom is -0.490 e. The minimum absolute atomic E-state index is 0.0439. The summed E-state index contributed by atoms with van der Waals surface area (Å²) in [5, 5.41) is 8.73. The van der Waals surface area contributed by atoms with E-state index in [0.717, 1.165) is 12.2 Å². The van der Waals surface area contributed by atoms with Crippen molar-refractivity contribution in [3.63, 3.8) is 0 Å². The maximum Gasteiger partial charge on any atom is 0.331 e. The number of ketones is 2. The highest BCUT2D eigenvalue weighted by atomic mass is 16.5. The fourth-order valence-corrected chi connectivity index (χ4v) is 1.40. The molecule has 0 spiro atoms. The molecule has 0 unspecified atom stereocenters. The molecule has 0 aliphatic heterocycles. The zero-order chi connectivity index (χ0) is 13.9. The van der Waals surface area contributed by atoms with E-state index in [1.807, 2.05) is 0 Å². The molecule has 0 amide bonds. The van der Waals surface area contributed by atoms with Crippen LogP contribution in [0.25, 0.3) is 0 Å². The van der Waals surface area contributed by atoms with Crippen LogP contribution in [0.4, 0.5) is 0 Å². The van der Waals surface area contributed by atoms with Crippen LogP contribution in [0.2, 0.25) is 0 Å². The number of allylic oxidation sites excluding steroid dienone is 3. The van der Waals surface area contributed by atoms with Gasteiger partial charge in [0.15, 0.2) is 0 Å². The molecule has 0 bridgehead atoms. The van der Waals surface area contributed by atoms with Crippen LogP contribution in [-0.2, 0) is 23.9 Å². The molecule has 96 valence electrons. The van der Waals surface area contributed by atoms with Gasteiger partial charge in [-0.1, -0.05) is 0 Å². The summed E-state index contributed by atoms with van der Waals surface area (Å²) in [6.07, 6.45) is 2.14. The van der Waals surface area contributed by atoms with Crippen LogP contribution in [0.5, 0.6) is 0 Å². The molecule has 0 saturated carbocycles. The van der Waals surface area contributed by atoms with E-state index in [0.29, 0.717) is 0 Å². The Bertz CT molecular complexity index is 507. The Morgan fingerprint density at radius 1 is 1.22 bits per heavy atom. The minimum atomic E-state index is -1.17. The first-order valence-corrected chi connectivity index (χ1v) is 4.97. The van der Waals surface area contributed by atoms with E-state index in [-0.39, 0.29) is 22.7 Å². The zero-order valence-corrected chi connectivity index (χ0v) is 10.1. The molecule has 0 atom stereocenters. The summed E-state index contributed by atoms with van der Waals surface area (Å²) in [7, 11) is 2.48. The topological polar surface area (TPSA) is 89.9 Å². The second kappa shape index (κ2) is 5.31. The number of aliphatic carboxylic acids is 1. The first kappa shape index (κ1) is 13.7. The molecule has 6 heteroatoms. The number of carbonyl (C=O) groups excluding carboxylic acids is 2. The van der Waals surface area contributed by atoms with Crippen molar-refractivity contribution in [2.45, 2.75) is 6.92 Å². The fourth-order valence-electron chi connectivity index (χ4n) is 1.40. The maximum absolute atomic E-state index is 11.9. The highest BCUT2D eigenvalue weighted by Gasteiger charge is 2.30. The van der Waals surface area contributed by atoms with Crippen LogP contribution in [0.15, 0.2) is 34.8 Å². The van der Waals surface area contributed by atoms with Gasteiger partial charge in [0.25, 0.3) is 0 Å².